The summed E-state index contributed by atoms with van der Waals surface area (Å²) in [5, 5.41) is 3.07. The Kier molecular flexibility index (Phi) is 7.47. The molecule has 0 saturated heterocycles. The van der Waals surface area contributed by atoms with Gasteiger partial charge in [0, 0.05) is 6.04 Å². The highest BCUT2D eigenvalue weighted by molar-refractivity contribution is 5.52. The standard InChI is InChI=1S/C9H18NO/c1-3-4-5-6-9(2)10-7-8-11/h9-10H,3-7H2,1-2H3. The number of hydrogen-bond acceptors (Lipinski definition) is 2. The molecule has 0 bridgehead atoms. The fourth-order valence-electron chi connectivity index (χ4n) is 1.02. The van der Waals surface area contributed by atoms with Crippen molar-refractivity contribution in [2.75, 3.05) is 6.54 Å². The first-order valence-electron chi connectivity index (χ1n) is 4.39. The highest BCUT2D eigenvalue weighted by Gasteiger charge is 1.98. The van der Waals surface area contributed by atoms with Crippen molar-refractivity contribution in [3.8, 4) is 0 Å². The molecule has 1 radical (unpaired) electrons. The fourth-order valence-corrected chi connectivity index (χ4v) is 1.02. The summed E-state index contributed by atoms with van der Waals surface area (Å²) in [6.07, 6.45) is 6.79. The summed E-state index contributed by atoms with van der Waals surface area (Å²) >= 11 is 0. The minimum Gasteiger partial charge on any atom is -0.307 e. The highest BCUT2D eigenvalue weighted by Crippen LogP contribution is 2.01. The zero-order valence-electron chi connectivity index (χ0n) is 7.52. The van der Waals surface area contributed by atoms with E-state index in [1.54, 1.807) is 0 Å². The minimum atomic E-state index is 0.368. The van der Waals surface area contributed by atoms with Crippen molar-refractivity contribution < 1.29 is 4.79 Å². The highest BCUT2D eigenvalue weighted by atomic mass is 16.1. The first-order valence-corrected chi connectivity index (χ1v) is 4.39. The first-order chi connectivity index (χ1) is 5.31. The summed E-state index contributed by atoms with van der Waals surface area (Å²) in [6, 6.07) is 0.461. The molecule has 0 saturated carbocycles. The fraction of sp³-hybridized carbons (Fsp3) is 0.889. The normalized spacial score (nSPS) is 12.9. The van der Waals surface area contributed by atoms with E-state index in [-0.39, 0.29) is 0 Å². The van der Waals surface area contributed by atoms with Crippen LogP contribution in [0.4, 0.5) is 0 Å². The maximum absolute atomic E-state index is 9.85. The van der Waals surface area contributed by atoms with Gasteiger partial charge in [-0.2, -0.15) is 0 Å². The molecule has 0 aromatic heterocycles. The maximum atomic E-state index is 9.85. The van der Waals surface area contributed by atoms with Crippen LogP contribution in [0.3, 0.4) is 0 Å². The summed E-state index contributed by atoms with van der Waals surface area (Å²) in [7, 11) is 0. The van der Waals surface area contributed by atoms with Crippen LogP contribution in [0.1, 0.15) is 39.5 Å². The van der Waals surface area contributed by atoms with Gasteiger partial charge in [-0.3, -0.25) is 4.79 Å². The molecule has 2 heteroatoms. The Hall–Kier alpha value is -0.370. The van der Waals surface area contributed by atoms with Gasteiger partial charge in [0.1, 0.15) is 0 Å². The summed E-state index contributed by atoms with van der Waals surface area (Å²) < 4.78 is 0. The molecule has 0 heterocycles. The average molecular weight is 156 g/mol. The number of nitrogens with one attached hydrogen (secondary N) is 1. The van der Waals surface area contributed by atoms with E-state index in [0.29, 0.717) is 12.6 Å². The second-order valence-corrected chi connectivity index (χ2v) is 2.92. The monoisotopic (exact) mass is 156 g/mol. The van der Waals surface area contributed by atoms with Crippen LogP contribution in [0.2, 0.25) is 0 Å². The van der Waals surface area contributed by atoms with Crippen molar-refractivity contribution in [1.29, 1.82) is 0 Å². The van der Waals surface area contributed by atoms with Crippen molar-refractivity contribution in [1.82, 2.24) is 5.32 Å². The van der Waals surface area contributed by atoms with E-state index in [2.05, 4.69) is 19.2 Å². The summed E-state index contributed by atoms with van der Waals surface area (Å²) in [4.78, 5) is 9.85. The van der Waals surface area contributed by atoms with Gasteiger partial charge < -0.3 is 5.32 Å². The Morgan fingerprint density at radius 1 is 1.45 bits per heavy atom. The Bertz CT molecular complexity index is 93.6. The molecule has 1 N–H and O–H groups in total. The Morgan fingerprint density at radius 3 is 2.73 bits per heavy atom. The van der Waals surface area contributed by atoms with Crippen LogP contribution >= 0.6 is 0 Å². The van der Waals surface area contributed by atoms with E-state index < -0.39 is 0 Å². The summed E-state index contributed by atoms with van der Waals surface area (Å²) in [5.74, 6) is 0. The smallest absolute Gasteiger partial charge is 0.213 e. The Balaban J connectivity index is 3.08. The van der Waals surface area contributed by atoms with Gasteiger partial charge in [0.05, 0.1) is 6.54 Å². The molecular formula is C9H18NO. The van der Waals surface area contributed by atoms with Gasteiger partial charge in [0.15, 0.2) is 0 Å². The van der Waals surface area contributed by atoms with Crippen molar-refractivity contribution in [2.24, 2.45) is 0 Å². The largest absolute Gasteiger partial charge is 0.307 e. The van der Waals surface area contributed by atoms with Crippen LogP contribution in [-0.4, -0.2) is 18.9 Å². The molecule has 0 spiro atoms. The second kappa shape index (κ2) is 7.73. The molecular weight excluding hydrogens is 138 g/mol. The predicted molar refractivity (Wildman–Crippen MR) is 47.3 cm³/mol. The molecule has 1 unspecified atom stereocenters. The lowest BCUT2D eigenvalue weighted by Crippen LogP contribution is -2.27. The predicted octanol–water partition coefficient (Wildman–Crippen LogP) is 1.65. The third-order valence-corrected chi connectivity index (χ3v) is 1.76. The quantitative estimate of drug-likeness (QED) is 0.568. The number of carbonyl (C=O) groups excluding carboxylic acids is 1. The van der Waals surface area contributed by atoms with Crippen LogP contribution in [0.15, 0.2) is 0 Å². The second-order valence-electron chi connectivity index (χ2n) is 2.92. The van der Waals surface area contributed by atoms with Crippen molar-refractivity contribution in [3.05, 3.63) is 0 Å². The molecule has 0 aromatic carbocycles. The molecule has 0 aliphatic rings. The molecule has 1 atom stereocenters. The third kappa shape index (κ3) is 7.53. The van der Waals surface area contributed by atoms with Crippen molar-refractivity contribution in [2.45, 2.75) is 45.6 Å². The van der Waals surface area contributed by atoms with E-state index in [1.165, 1.54) is 19.3 Å². The van der Waals surface area contributed by atoms with E-state index in [4.69, 9.17) is 0 Å². The van der Waals surface area contributed by atoms with Gasteiger partial charge in [-0.25, -0.2) is 0 Å². The van der Waals surface area contributed by atoms with Crippen molar-refractivity contribution >= 4 is 6.29 Å². The molecule has 65 valence electrons. The Morgan fingerprint density at radius 2 is 2.18 bits per heavy atom. The molecule has 2 nitrogen and oxygen atoms in total. The van der Waals surface area contributed by atoms with E-state index in [1.807, 2.05) is 6.29 Å². The van der Waals surface area contributed by atoms with Gasteiger partial charge in [-0.1, -0.05) is 26.2 Å². The molecule has 0 fully saturated rings. The van der Waals surface area contributed by atoms with Gasteiger partial charge in [0.2, 0.25) is 6.29 Å². The summed E-state index contributed by atoms with van der Waals surface area (Å²) in [6.45, 7) is 4.66. The van der Waals surface area contributed by atoms with Crippen LogP contribution < -0.4 is 5.32 Å². The molecule has 0 rings (SSSR count). The lowest BCUT2D eigenvalue weighted by Gasteiger charge is -2.09. The number of rotatable bonds is 7. The van der Waals surface area contributed by atoms with E-state index in [0.717, 1.165) is 6.42 Å². The van der Waals surface area contributed by atoms with Gasteiger partial charge in [-0.05, 0) is 13.3 Å². The lowest BCUT2D eigenvalue weighted by atomic mass is 10.1. The van der Waals surface area contributed by atoms with Crippen molar-refractivity contribution in [3.63, 3.8) is 0 Å². The first kappa shape index (κ1) is 10.6. The zero-order chi connectivity index (χ0) is 8.53. The molecule has 0 aliphatic carbocycles. The Labute approximate surface area is 69.4 Å². The van der Waals surface area contributed by atoms with Gasteiger partial charge in [0.25, 0.3) is 0 Å². The maximum Gasteiger partial charge on any atom is 0.213 e. The molecule has 0 aromatic rings. The van der Waals surface area contributed by atoms with Crippen LogP contribution in [-0.2, 0) is 4.79 Å². The number of hydrogen-bond donors (Lipinski definition) is 1. The number of unbranched alkanes of at least 4 members (excludes halogenated alkanes) is 2. The topological polar surface area (TPSA) is 29.1 Å². The zero-order valence-corrected chi connectivity index (χ0v) is 7.52. The van der Waals surface area contributed by atoms with E-state index >= 15 is 0 Å². The molecule has 0 amide bonds. The van der Waals surface area contributed by atoms with Crippen LogP contribution in [0, 0.1) is 0 Å². The lowest BCUT2D eigenvalue weighted by molar-refractivity contribution is 0.497. The average Bonchev–Trinajstić information content (AvgIpc) is 2.01. The van der Waals surface area contributed by atoms with Gasteiger partial charge in [-0.15, -0.1) is 0 Å². The third-order valence-electron chi connectivity index (χ3n) is 1.76. The summed E-state index contributed by atoms with van der Waals surface area (Å²) in [5.41, 5.74) is 0. The van der Waals surface area contributed by atoms with Crippen LogP contribution in [0.25, 0.3) is 0 Å². The van der Waals surface area contributed by atoms with E-state index in [9.17, 15) is 4.79 Å². The minimum absolute atomic E-state index is 0.368. The molecule has 0 aliphatic heterocycles. The van der Waals surface area contributed by atoms with Gasteiger partial charge >= 0.3 is 0 Å². The van der Waals surface area contributed by atoms with Crippen LogP contribution in [0.5, 0.6) is 0 Å². The SMILES string of the molecule is CCCCCC(C)NC[C]=O. The molecule has 11 heavy (non-hydrogen) atoms.